The maximum Gasteiger partial charge on any atom is 0.0919 e. The molecule has 0 aliphatic carbocycles. The molecule has 0 aromatic heterocycles. The molecule has 0 fully saturated rings. The molecule has 0 aliphatic heterocycles. The van der Waals surface area contributed by atoms with Crippen LogP contribution >= 0.6 is 0 Å². The fourth-order valence-corrected chi connectivity index (χ4v) is 0.945. The van der Waals surface area contributed by atoms with Crippen molar-refractivity contribution in [2.45, 2.75) is 19.9 Å². The second-order valence-corrected chi connectivity index (χ2v) is 3.30. The van der Waals surface area contributed by atoms with Gasteiger partial charge in [-0.25, -0.2) is 0 Å². The quantitative estimate of drug-likeness (QED) is 0.586. The van der Waals surface area contributed by atoms with Gasteiger partial charge >= 0.3 is 0 Å². The highest BCUT2D eigenvalue weighted by molar-refractivity contribution is 4.99. The Bertz CT molecular complexity index is 183. The Morgan fingerprint density at radius 1 is 1.38 bits per heavy atom. The van der Waals surface area contributed by atoms with Crippen LogP contribution in [0.1, 0.15) is 13.8 Å². The zero-order valence-electron chi connectivity index (χ0n) is 8.64. The summed E-state index contributed by atoms with van der Waals surface area (Å²) < 4.78 is 0. The summed E-state index contributed by atoms with van der Waals surface area (Å²) in [6, 6.07) is 0.268. The van der Waals surface area contributed by atoms with E-state index >= 15 is 0 Å². The molecule has 0 aromatic carbocycles. The molecule has 2 N–H and O–H groups in total. The van der Waals surface area contributed by atoms with Crippen LogP contribution in [0.3, 0.4) is 0 Å². The predicted molar refractivity (Wildman–Crippen MR) is 59.3 cm³/mol. The van der Waals surface area contributed by atoms with Gasteiger partial charge in [-0.3, -0.25) is 0 Å². The lowest BCUT2D eigenvalue weighted by molar-refractivity contribution is 0.489. The first kappa shape index (κ1) is 11.8. The Kier molecular flexibility index (Phi) is 5.77. The Hall–Kier alpha value is -1.18. The lowest BCUT2D eigenvalue weighted by Crippen LogP contribution is -2.36. The number of nitrogens with one attached hydrogen (secondary N) is 2. The van der Waals surface area contributed by atoms with Crippen LogP contribution in [0.2, 0.25) is 0 Å². The Morgan fingerprint density at radius 3 is 2.38 bits per heavy atom. The normalized spacial score (nSPS) is 11.9. The number of hydrogen-bond acceptors (Lipinski definition) is 2. The molecule has 74 valence electrons. The van der Waals surface area contributed by atoms with Crippen molar-refractivity contribution >= 4 is 0 Å². The molecule has 1 atom stereocenters. The van der Waals surface area contributed by atoms with Crippen LogP contribution in [0.15, 0.2) is 37.7 Å². The highest BCUT2D eigenvalue weighted by Crippen LogP contribution is 2.02. The van der Waals surface area contributed by atoms with Gasteiger partial charge in [0.05, 0.1) is 5.82 Å². The average molecular weight is 180 g/mol. The molecule has 0 aromatic rings. The van der Waals surface area contributed by atoms with Gasteiger partial charge in [-0.05, 0) is 5.92 Å². The summed E-state index contributed by atoms with van der Waals surface area (Å²) in [7, 11) is 0. The van der Waals surface area contributed by atoms with Gasteiger partial charge in [0.2, 0.25) is 0 Å². The van der Waals surface area contributed by atoms with E-state index in [0.717, 1.165) is 12.4 Å². The van der Waals surface area contributed by atoms with Crippen molar-refractivity contribution in [3.8, 4) is 0 Å². The summed E-state index contributed by atoms with van der Waals surface area (Å²) in [5.74, 6) is 1.33. The van der Waals surface area contributed by atoms with E-state index < -0.39 is 0 Å². The smallest absolute Gasteiger partial charge is 0.0919 e. The van der Waals surface area contributed by atoms with Crippen molar-refractivity contribution in [1.82, 2.24) is 10.6 Å². The molecule has 0 radical (unpaired) electrons. The third-order valence-corrected chi connectivity index (χ3v) is 1.77. The van der Waals surface area contributed by atoms with Crippen molar-refractivity contribution < 1.29 is 0 Å². The van der Waals surface area contributed by atoms with E-state index in [9.17, 15) is 0 Å². The summed E-state index contributed by atoms with van der Waals surface area (Å²) in [5, 5.41) is 6.31. The van der Waals surface area contributed by atoms with Crippen LogP contribution in [-0.4, -0.2) is 12.6 Å². The monoisotopic (exact) mass is 180 g/mol. The molecule has 0 aliphatic rings. The van der Waals surface area contributed by atoms with E-state index in [0.29, 0.717) is 5.92 Å². The largest absolute Gasteiger partial charge is 0.369 e. The number of hydrogen-bond donors (Lipinski definition) is 2. The van der Waals surface area contributed by atoms with Gasteiger partial charge in [0.15, 0.2) is 0 Å². The fourth-order valence-electron chi connectivity index (χ4n) is 0.945. The minimum atomic E-state index is 0.268. The molecule has 0 spiro atoms. The van der Waals surface area contributed by atoms with Gasteiger partial charge in [0.25, 0.3) is 0 Å². The molecule has 0 saturated carbocycles. The first-order chi connectivity index (χ1) is 6.11. The SMILES string of the molecule is C=CCNC(=C)NC(C=C)C(C)C. The van der Waals surface area contributed by atoms with E-state index in [2.05, 4.69) is 44.2 Å². The predicted octanol–water partition coefficient (Wildman–Crippen LogP) is 2.03. The number of rotatable bonds is 7. The van der Waals surface area contributed by atoms with Crippen LogP contribution < -0.4 is 10.6 Å². The topological polar surface area (TPSA) is 24.1 Å². The summed E-state index contributed by atoms with van der Waals surface area (Å²) in [6.45, 7) is 16.2. The summed E-state index contributed by atoms with van der Waals surface area (Å²) >= 11 is 0. The Balaban J connectivity index is 3.86. The first-order valence-electron chi connectivity index (χ1n) is 4.54. The Morgan fingerprint density at radius 2 is 2.00 bits per heavy atom. The Labute approximate surface area is 81.4 Å². The molecule has 2 heteroatoms. The summed E-state index contributed by atoms with van der Waals surface area (Å²) in [6.07, 6.45) is 3.69. The second kappa shape index (κ2) is 6.35. The van der Waals surface area contributed by atoms with Gasteiger partial charge < -0.3 is 10.6 Å². The molecule has 0 rings (SSSR count). The second-order valence-electron chi connectivity index (χ2n) is 3.30. The van der Waals surface area contributed by atoms with Crippen molar-refractivity contribution in [1.29, 1.82) is 0 Å². The fraction of sp³-hybridized carbons (Fsp3) is 0.455. The molecule has 0 saturated heterocycles. The van der Waals surface area contributed by atoms with E-state index in [1.165, 1.54) is 0 Å². The van der Waals surface area contributed by atoms with Crippen molar-refractivity contribution in [3.63, 3.8) is 0 Å². The maximum atomic E-state index is 3.84. The van der Waals surface area contributed by atoms with E-state index in [4.69, 9.17) is 0 Å². The first-order valence-corrected chi connectivity index (χ1v) is 4.54. The molecule has 0 bridgehead atoms. The van der Waals surface area contributed by atoms with Crippen LogP contribution in [0.4, 0.5) is 0 Å². The van der Waals surface area contributed by atoms with Gasteiger partial charge in [-0.15, -0.1) is 13.2 Å². The van der Waals surface area contributed by atoms with Crippen LogP contribution in [0, 0.1) is 5.92 Å². The summed E-state index contributed by atoms with van der Waals surface area (Å²) in [5.41, 5.74) is 0. The highest BCUT2D eigenvalue weighted by atomic mass is 15.1. The molecule has 0 heterocycles. The average Bonchev–Trinajstić information content (AvgIpc) is 2.10. The van der Waals surface area contributed by atoms with Crippen LogP contribution in [0.25, 0.3) is 0 Å². The summed E-state index contributed by atoms with van der Waals surface area (Å²) in [4.78, 5) is 0. The molecule has 2 nitrogen and oxygen atoms in total. The van der Waals surface area contributed by atoms with Gasteiger partial charge in [-0.1, -0.05) is 32.6 Å². The van der Waals surface area contributed by atoms with E-state index in [1.54, 1.807) is 6.08 Å². The van der Waals surface area contributed by atoms with Crippen molar-refractivity contribution in [2.24, 2.45) is 5.92 Å². The van der Waals surface area contributed by atoms with Crippen LogP contribution in [-0.2, 0) is 0 Å². The molecular formula is C11H20N2. The molecule has 13 heavy (non-hydrogen) atoms. The zero-order chi connectivity index (χ0) is 10.3. The minimum Gasteiger partial charge on any atom is -0.369 e. The standard InChI is InChI=1S/C11H20N2/c1-6-8-12-10(5)13-11(7-2)9(3)4/h6-7,9,11-13H,1-2,5,8H2,3-4H3. The van der Waals surface area contributed by atoms with Crippen LogP contribution in [0.5, 0.6) is 0 Å². The zero-order valence-corrected chi connectivity index (χ0v) is 8.64. The van der Waals surface area contributed by atoms with Crippen molar-refractivity contribution in [2.75, 3.05) is 6.54 Å². The maximum absolute atomic E-state index is 3.84. The third-order valence-electron chi connectivity index (χ3n) is 1.77. The molecule has 0 amide bonds. The van der Waals surface area contributed by atoms with Crippen molar-refractivity contribution in [3.05, 3.63) is 37.7 Å². The molecule has 1 unspecified atom stereocenters. The highest BCUT2D eigenvalue weighted by Gasteiger charge is 2.07. The van der Waals surface area contributed by atoms with Gasteiger partial charge in [0.1, 0.15) is 0 Å². The molecular weight excluding hydrogens is 160 g/mol. The minimum absolute atomic E-state index is 0.268. The third kappa shape index (κ3) is 5.12. The van der Waals surface area contributed by atoms with E-state index in [-0.39, 0.29) is 6.04 Å². The van der Waals surface area contributed by atoms with Gasteiger partial charge in [0, 0.05) is 12.6 Å². The van der Waals surface area contributed by atoms with E-state index in [1.807, 2.05) is 6.08 Å². The lowest BCUT2D eigenvalue weighted by Gasteiger charge is -2.21. The van der Waals surface area contributed by atoms with Gasteiger partial charge in [-0.2, -0.15) is 0 Å². The lowest BCUT2D eigenvalue weighted by atomic mass is 10.1.